The van der Waals surface area contributed by atoms with Crippen LogP contribution in [-0.2, 0) is 6.18 Å². The second kappa shape index (κ2) is 5.51. The van der Waals surface area contributed by atoms with Crippen molar-refractivity contribution in [2.45, 2.75) is 63.8 Å². The number of hydrogen-bond acceptors (Lipinski definition) is 3. The Morgan fingerprint density at radius 2 is 2.04 bits per heavy atom. The number of alkyl halides is 3. The Balaban J connectivity index is 1.95. The third-order valence-corrected chi connectivity index (χ3v) is 5.60. The van der Waals surface area contributed by atoms with Crippen molar-refractivity contribution in [2.75, 3.05) is 5.32 Å². The molecule has 3 rings (SSSR count). The monoisotopic (exact) mass is 357 g/mol. The quantitative estimate of drug-likeness (QED) is 0.832. The van der Waals surface area contributed by atoms with Gasteiger partial charge in [0.15, 0.2) is 0 Å². The largest absolute Gasteiger partial charge is 0.465 e. The fourth-order valence-electron chi connectivity index (χ4n) is 4.61. The molecule has 2 bridgehead atoms. The molecule has 1 aromatic heterocycles. The SMILES string of the molecule is CC(C)(C)C12CCC(CC1Nc1cccc(C(F)(F)F)n1)N2C(=O)O. The molecule has 0 aliphatic carbocycles. The number of halogens is 3. The van der Waals surface area contributed by atoms with E-state index in [1.807, 2.05) is 20.8 Å². The highest BCUT2D eigenvalue weighted by Crippen LogP contribution is 2.55. The van der Waals surface area contributed by atoms with Crippen LogP contribution in [0.4, 0.5) is 23.8 Å². The molecule has 8 heteroatoms. The zero-order chi connectivity index (χ0) is 18.6. The minimum atomic E-state index is -4.51. The van der Waals surface area contributed by atoms with Gasteiger partial charge in [0.25, 0.3) is 0 Å². The fourth-order valence-corrected chi connectivity index (χ4v) is 4.61. The summed E-state index contributed by atoms with van der Waals surface area (Å²) in [5.74, 6) is 0.126. The molecule has 138 valence electrons. The van der Waals surface area contributed by atoms with Gasteiger partial charge < -0.3 is 10.4 Å². The highest BCUT2D eigenvalue weighted by Gasteiger charge is 2.65. The topological polar surface area (TPSA) is 65.5 Å². The zero-order valence-corrected chi connectivity index (χ0v) is 14.4. The molecular weight excluding hydrogens is 335 g/mol. The van der Waals surface area contributed by atoms with E-state index in [1.165, 1.54) is 17.0 Å². The Bertz CT molecular complexity index is 686. The van der Waals surface area contributed by atoms with Crippen molar-refractivity contribution in [1.29, 1.82) is 0 Å². The summed E-state index contributed by atoms with van der Waals surface area (Å²) in [5.41, 5.74) is -1.99. The van der Waals surface area contributed by atoms with Crippen LogP contribution in [-0.4, -0.2) is 38.7 Å². The molecule has 0 radical (unpaired) electrons. The van der Waals surface area contributed by atoms with Crippen LogP contribution in [0.3, 0.4) is 0 Å². The van der Waals surface area contributed by atoms with Gasteiger partial charge in [0.1, 0.15) is 11.5 Å². The molecule has 3 heterocycles. The lowest BCUT2D eigenvalue weighted by atomic mass is 9.66. The molecular formula is C17H22F3N3O2. The normalized spacial score (nSPS) is 29.1. The van der Waals surface area contributed by atoms with Gasteiger partial charge in [0.05, 0.1) is 11.6 Å². The molecule has 1 aromatic rings. The summed E-state index contributed by atoms with van der Waals surface area (Å²) in [5, 5.41) is 12.8. The molecule has 2 aliphatic heterocycles. The number of hydrogen-bond donors (Lipinski definition) is 2. The van der Waals surface area contributed by atoms with E-state index >= 15 is 0 Å². The maximum Gasteiger partial charge on any atom is 0.433 e. The van der Waals surface area contributed by atoms with Gasteiger partial charge in [-0.2, -0.15) is 13.2 Å². The lowest BCUT2D eigenvalue weighted by Crippen LogP contribution is -2.60. The number of nitrogens with one attached hydrogen (secondary N) is 1. The van der Waals surface area contributed by atoms with Gasteiger partial charge in [-0.3, -0.25) is 4.90 Å². The van der Waals surface area contributed by atoms with Gasteiger partial charge >= 0.3 is 12.3 Å². The van der Waals surface area contributed by atoms with Crippen molar-refractivity contribution in [1.82, 2.24) is 9.88 Å². The van der Waals surface area contributed by atoms with Gasteiger partial charge in [-0.1, -0.05) is 26.8 Å². The maximum atomic E-state index is 12.9. The predicted octanol–water partition coefficient (Wildman–Crippen LogP) is 4.21. The Labute approximate surface area is 144 Å². The smallest absolute Gasteiger partial charge is 0.433 e. The Hall–Kier alpha value is -1.99. The first-order valence-electron chi connectivity index (χ1n) is 8.30. The molecule has 0 aromatic carbocycles. The summed E-state index contributed by atoms with van der Waals surface area (Å²) < 4.78 is 38.7. The molecule has 2 N–H and O–H groups in total. The van der Waals surface area contributed by atoms with E-state index in [1.54, 1.807) is 0 Å². The minimum absolute atomic E-state index is 0.111. The first-order chi connectivity index (χ1) is 11.5. The second-order valence-corrected chi connectivity index (χ2v) is 7.86. The van der Waals surface area contributed by atoms with Crippen molar-refractivity contribution in [3.8, 4) is 0 Å². The van der Waals surface area contributed by atoms with Crippen LogP contribution in [0.2, 0.25) is 0 Å². The number of carbonyl (C=O) groups is 1. The number of aromatic nitrogens is 1. The number of carboxylic acid groups (broad SMARTS) is 1. The van der Waals surface area contributed by atoms with Crippen molar-refractivity contribution in [3.05, 3.63) is 23.9 Å². The Morgan fingerprint density at radius 3 is 2.60 bits per heavy atom. The third-order valence-electron chi connectivity index (χ3n) is 5.60. The average molecular weight is 357 g/mol. The molecule has 3 atom stereocenters. The van der Waals surface area contributed by atoms with E-state index in [-0.39, 0.29) is 23.3 Å². The predicted molar refractivity (Wildman–Crippen MR) is 86.3 cm³/mol. The molecule has 1 amide bonds. The van der Waals surface area contributed by atoms with Crippen LogP contribution in [0.1, 0.15) is 45.7 Å². The van der Waals surface area contributed by atoms with E-state index in [2.05, 4.69) is 10.3 Å². The van der Waals surface area contributed by atoms with Crippen molar-refractivity contribution in [3.63, 3.8) is 0 Å². The van der Waals surface area contributed by atoms with Crippen molar-refractivity contribution in [2.24, 2.45) is 5.41 Å². The molecule has 5 nitrogen and oxygen atoms in total. The molecule has 0 spiro atoms. The van der Waals surface area contributed by atoms with E-state index in [9.17, 15) is 23.1 Å². The van der Waals surface area contributed by atoms with Gasteiger partial charge in [0, 0.05) is 6.04 Å². The number of rotatable bonds is 2. The number of nitrogens with zero attached hydrogens (tertiary/aromatic N) is 2. The lowest BCUT2D eigenvalue weighted by molar-refractivity contribution is -0.141. The highest BCUT2D eigenvalue weighted by atomic mass is 19.4. The Morgan fingerprint density at radius 1 is 1.36 bits per heavy atom. The van der Waals surface area contributed by atoms with Crippen molar-refractivity contribution < 1.29 is 23.1 Å². The summed E-state index contributed by atoms with van der Waals surface area (Å²) in [6, 6.07) is 3.33. The number of amides is 1. The van der Waals surface area contributed by atoms with E-state index in [0.717, 1.165) is 12.5 Å². The molecule has 2 aliphatic rings. The second-order valence-electron chi connectivity index (χ2n) is 7.86. The van der Waals surface area contributed by atoms with E-state index < -0.39 is 23.5 Å². The summed E-state index contributed by atoms with van der Waals surface area (Å²) >= 11 is 0. The van der Waals surface area contributed by atoms with Crippen LogP contribution < -0.4 is 5.32 Å². The summed E-state index contributed by atoms with van der Waals surface area (Å²) in [6.07, 6.45) is -3.46. The number of pyridine rings is 1. The molecule has 3 unspecified atom stereocenters. The van der Waals surface area contributed by atoms with Crippen LogP contribution in [0, 0.1) is 5.41 Å². The van der Waals surface area contributed by atoms with Gasteiger partial charge in [-0.05, 0) is 36.8 Å². The zero-order valence-electron chi connectivity index (χ0n) is 14.4. The van der Waals surface area contributed by atoms with Crippen LogP contribution in [0.15, 0.2) is 18.2 Å². The first-order valence-corrected chi connectivity index (χ1v) is 8.30. The molecule has 0 saturated carbocycles. The van der Waals surface area contributed by atoms with Crippen LogP contribution >= 0.6 is 0 Å². The average Bonchev–Trinajstić information content (AvgIpc) is 3.00. The summed E-state index contributed by atoms with van der Waals surface area (Å²) in [6.45, 7) is 5.93. The molecule has 2 fully saturated rings. The van der Waals surface area contributed by atoms with Crippen molar-refractivity contribution >= 4 is 11.9 Å². The molecule has 25 heavy (non-hydrogen) atoms. The summed E-state index contributed by atoms with van der Waals surface area (Å²) in [7, 11) is 0. The van der Waals surface area contributed by atoms with Crippen LogP contribution in [0.25, 0.3) is 0 Å². The van der Waals surface area contributed by atoms with Gasteiger partial charge in [-0.15, -0.1) is 0 Å². The first kappa shape index (κ1) is 17.8. The fraction of sp³-hybridized carbons (Fsp3) is 0.647. The highest BCUT2D eigenvalue weighted by molar-refractivity contribution is 5.69. The molecule has 2 saturated heterocycles. The Kier molecular flexibility index (Phi) is 3.92. The standard InChI is InChI=1S/C17H22F3N3O2/c1-15(2,3)16-8-7-10(23(16)14(24)25)9-12(16)22-13-6-4-5-11(21-13)17(18,19)20/h4-6,10,12H,7-9H2,1-3H3,(H,21,22)(H,24,25). The van der Waals surface area contributed by atoms with Gasteiger partial charge in [-0.25, -0.2) is 9.78 Å². The minimum Gasteiger partial charge on any atom is -0.465 e. The van der Waals surface area contributed by atoms with E-state index in [0.29, 0.717) is 12.8 Å². The number of anilines is 1. The van der Waals surface area contributed by atoms with Gasteiger partial charge in [0.2, 0.25) is 0 Å². The van der Waals surface area contributed by atoms with Crippen LogP contribution in [0.5, 0.6) is 0 Å². The third kappa shape index (κ3) is 2.71. The van der Waals surface area contributed by atoms with E-state index in [4.69, 9.17) is 0 Å². The summed E-state index contributed by atoms with van der Waals surface area (Å²) in [4.78, 5) is 17.0. The number of fused-ring (bicyclic) bond motifs is 2. The maximum absolute atomic E-state index is 12.9. The lowest BCUT2D eigenvalue weighted by Gasteiger charge is -2.48.